The maximum absolute atomic E-state index is 13.2. The van der Waals surface area contributed by atoms with Gasteiger partial charge in [0.25, 0.3) is 0 Å². The lowest BCUT2D eigenvalue weighted by atomic mass is 9.91. The molecule has 0 unspecified atom stereocenters. The van der Waals surface area contributed by atoms with Gasteiger partial charge >= 0.3 is 0 Å². The summed E-state index contributed by atoms with van der Waals surface area (Å²) in [7, 11) is 0. The highest BCUT2D eigenvalue weighted by atomic mass is 16.3. The maximum atomic E-state index is 13.2. The van der Waals surface area contributed by atoms with Crippen LogP contribution < -0.4 is 21.7 Å². The van der Waals surface area contributed by atoms with Crippen molar-refractivity contribution in [1.29, 1.82) is 0 Å². The van der Waals surface area contributed by atoms with Gasteiger partial charge < -0.3 is 26.8 Å². The first kappa shape index (κ1) is 25.3. The van der Waals surface area contributed by atoms with Crippen molar-refractivity contribution >= 4 is 17.5 Å². The van der Waals surface area contributed by atoms with Crippen LogP contribution in [-0.2, 0) is 22.4 Å². The quantitative estimate of drug-likeness (QED) is 0.390. The van der Waals surface area contributed by atoms with Gasteiger partial charge in [0.15, 0.2) is 0 Å². The van der Waals surface area contributed by atoms with E-state index >= 15 is 0 Å². The number of aromatic hydroxyl groups is 1. The topological polar surface area (TPSA) is 122 Å². The minimum absolute atomic E-state index is 0.130. The largest absolute Gasteiger partial charge is 0.508 e. The van der Waals surface area contributed by atoms with E-state index in [4.69, 9.17) is 11.5 Å². The molecule has 7 heteroatoms. The minimum atomic E-state index is -0.730. The average molecular weight is 487 g/mol. The SMILES string of the molecule is Cc1cc(O)cc(C)c1C[C@H](N)C(=O)N[C@@H]1CCN(CC(N)=O)c2ccc(Cc3ccccc3)cc21. The van der Waals surface area contributed by atoms with Gasteiger partial charge in [0.1, 0.15) is 5.75 Å². The summed E-state index contributed by atoms with van der Waals surface area (Å²) in [6, 6.07) is 18.8. The molecule has 0 bridgehead atoms. The van der Waals surface area contributed by atoms with Crippen LogP contribution in [0.4, 0.5) is 5.69 Å². The number of phenols is 1. The number of benzene rings is 3. The first-order valence-electron chi connectivity index (χ1n) is 12.3. The van der Waals surface area contributed by atoms with E-state index < -0.39 is 11.9 Å². The summed E-state index contributed by atoms with van der Waals surface area (Å²) in [6.45, 7) is 4.55. The highest BCUT2D eigenvalue weighted by Gasteiger charge is 2.29. The third-order valence-corrected chi connectivity index (χ3v) is 6.85. The average Bonchev–Trinajstić information content (AvgIpc) is 2.83. The summed E-state index contributed by atoms with van der Waals surface area (Å²) in [5.74, 6) is -0.412. The summed E-state index contributed by atoms with van der Waals surface area (Å²) >= 11 is 0. The Morgan fingerprint density at radius 2 is 1.75 bits per heavy atom. The van der Waals surface area contributed by atoms with Crippen molar-refractivity contribution in [3.05, 3.63) is 94.0 Å². The van der Waals surface area contributed by atoms with Crippen LogP contribution in [0.15, 0.2) is 60.7 Å². The highest BCUT2D eigenvalue weighted by Crippen LogP contribution is 2.35. The Morgan fingerprint density at radius 1 is 1.06 bits per heavy atom. The number of carbonyl (C=O) groups is 2. The zero-order valence-corrected chi connectivity index (χ0v) is 20.8. The number of nitrogens with one attached hydrogen (secondary N) is 1. The number of fused-ring (bicyclic) bond motifs is 1. The molecule has 0 spiro atoms. The zero-order valence-electron chi connectivity index (χ0n) is 20.8. The van der Waals surface area contributed by atoms with Crippen LogP contribution in [0.25, 0.3) is 0 Å². The smallest absolute Gasteiger partial charge is 0.237 e. The van der Waals surface area contributed by atoms with E-state index in [0.717, 1.165) is 39.9 Å². The van der Waals surface area contributed by atoms with E-state index in [1.54, 1.807) is 12.1 Å². The van der Waals surface area contributed by atoms with Crippen LogP contribution in [0.5, 0.6) is 5.75 Å². The molecule has 0 saturated carbocycles. The normalized spacial score (nSPS) is 15.8. The predicted octanol–water partition coefficient (Wildman–Crippen LogP) is 3.02. The zero-order chi connectivity index (χ0) is 25.8. The van der Waals surface area contributed by atoms with Crippen LogP contribution in [0.2, 0.25) is 0 Å². The van der Waals surface area contributed by atoms with Gasteiger partial charge in [-0.1, -0.05) is 42.5 Å². The predicted molar refractivity (Wildman–Crippen MR) is 142 cm³/mol. The number of primary amides is 1. The Labute approximate surface area is 212 Å². The molecule has 188 valence electrons. The van der Waals surface area contributed by atoms with E-state index in [9.17, 15) is 14.7 Å². The van der Waals surface area contributed by atoms with Crippen molar-refractivity contribution in [1.82, 2.24) is 5.32 Å². The lowest BCUT2D eigenvalue weighted by Gasteiger charge is -2.36. The molecule has 1 aliphatic rings. The number of hydrogen-bond donors (Lipinski definition) is 4. The molecule has 2 atom stereocenters. The summed E-state index contributed by atoms with van der Waals surface area (Å²) in [4.78, 5) is 26.8. The van der Waals surface area contributed by atoms with Gasteiger partial charge in [-0.3, -0.25) is 9.59 Å². The number of hydrogen-bond acceptors (Lipinski definition) is 5. The van der Waals surface area contributed by atoms with E-state index in [2.05, 4.69) is 29.6 Å². The Balaban J connectivity index is 1.56. The van der Waals surface area contributed by atoms with E-state index in [0.29, 0.717) is 19.4 Å². The van der Waals surface area contributed by atoms with Gasteiger partial charge in [-0.2, -0.15) is 0 Å². The summed E-state index contributed by atoms with van der Waals surface area (Å²) in [6.07, 6.45) is 1.79. The van der Waals surface area contributed by atoms with Gasteiger partial charge in [0.05, 0.1) is 18.6 Å². The maximum Gasteiger partial charge on any atom is 0.237 e. The third kappa shape index (κ3) is 5.86. The molecule has 7 nitrogen and oxygen atoms in total. The van der Waals surface area contributed by atoms with Crippen LogP contribution >= 0.6 is 0 Å². The number of phenolic OH excluding ortho intramolecular Hbond substituents is 1. The van der Waals surface area contributed by atoms with Gasteiger partial charge in [0.2, 0.25) is 11.8 Å². The Morgan fingerprint density at radius 3 is 2.42 bits per heavy atom. The number of aryl methyl sites for hydroxylation is 2. The number of nitrogens with two attached hydrogens (primary N) is 2. The monoisotopic (exact) mass is 486 g/mol. The van der Waals surface area contributed by atoms with Gasteiger partial charge in [0, 0.05) is 12.2 Å². The van der Waals surface area contributed by atoms with Crippen LogP contribution in [-0.4, -0.2) is 36.1 Å². The second kappa shape index (κ2) is 10.8. The van der Waals surface area contributed by atoms with Gasteiger partial charge in [-0.25, -0.2) is 0 Å². The molecule has 1 aliphatic heterocycles. The van der Waals surface area contributed by atoms with Crippen molar-refractivity contribution in [2.75, 3.05) is 18.0 Å². The van der Waals surface area contributed by atoms with Gasteiger partial charge in [-0.15, -0.1) is 0 Å². The molecule has 0 aromatic heterocycles. The van der Waals surface area contributed by atoms with Gasteiger partial charge in [-0.05, 0) is 84.7 Å². The fourth-order valence-electron chi connectivity index (χ4n) is 5.06. The molecular formula is C29H34N4O3. The highest BCUT2D eigenvalue weighted by molar-refractivity contribution is 5.83. The molecule has 0 saturated heterocycles. The number of carbonyl (C=O) groups excluding carboxylic acids is 2. The summed E-state index contributed by atoms with van der Waals surface area (Å²) in [5, 5.41) is 13.0. The Bertz CT molecular complexity index is 1240. The van der Waals surface area contributed by atoms with Crippen molar-refractivity contribution < 1.29 is 14.7 Å². The molecule has 0 fully saturated rings. The van der Waals surface area contributed by atoms with Crippen LogP contribution in [0.3, 0.4) is 0 Å². The first-order chi connectivity index (χ1) is 17.2. The molecule has 3 aromatic carbocycles. The molecule has 4 rings (SSSR count). The molecular weight excluding hydrogens is 452 g/mol. The lowest BCUT2D eigenvalue weighted by Crippen LogP contribution is -2.46. The fraction of sp³-hybridized carbons (Fsp3) is 0.310. The fourth-order valence-corrected chi connectivity index (χ4v) is 5.06. The summed E-state index contributed by atoms with van der Waals surface area (Å²) in [5.41, 5.74) is 18.8. The van der Waals surface area contributed by atoms with Crippen LogP contribution in [0, 0.1) is 13.8 Å². The van der Waals surface area contributed by atoms with Crippen molar-refractivity contribution in [3.63, 3.8) is 0 Å². The second-order valence-corrected chi connectivity index (χ2v) is 9.66. The molecule has 2 amide bonds. The third-order valence-electron chi connectivity index (χ3n) is 6.85. The van der Waals surface area contributed by atoms with Crippen molar-refractivity contribution in [3.8, 4) is 5.75 Å². The number of anilines is 1. The lowest BCUT2D eigenvalue weighted by molar-refractivity contribution is -0.123. The molecule has 0 radical (unpaired) electrons. The summed E-state index contributed by atoms with van der Waals surface area (Å²) < 4.78 is 0. The molecule has 3 aromatic rings. The first-order valence-corrected chi connectivity index (χ1v) is 12.3. The molecule has 0 aliphatic carbocycles. The number of amides is 2. The molecule has 36 heavy (non-hydrogen) atoms. The Kier molecular flexibility index (Phi) is 7.60. The second-order valence-electron chi connectivity index (χ2n) is 9.66. The van der Waals surface area contributed by atoms with E-state index in [1.165, 1.54) is 5.56 Å². The van der Waals surface area contributed by atoms with Crippen molar-refractivity contribution in [2.24, 2.45) is 11.5 Å². The van der Waals surface area contributed by atoms with Crippen molar-refractivity contribution in [2.45, 2.75) is 45.2 Å². The van der Waals surface area contributed by atoms with E-state index in [1.807, 2.05) is 43.0 Å². The minimum Gasteiger partial charge on any atom is -0.508 e. The standard InChI is InChI=1S/C29H34N4O3/c1-18-12-22(34)13-19(2)23(18)16-25(30)29(36)32-26-10-11-33(17-28(31)35)27-9-8-21(15-24(26)27)14-20-6-4-3-5-7-20/h3-9,12-13,15,25-26,34H,10-11,14,16-17,30H2,1-2H3,(H2,31,35)(H,32,36)/t25-,26+/m0/s1. The number of rotatable bonds is 8. The molecule has 1 heterocycles. The molecule has 6 N–H and O–H groups in total. The Hall–Kier alpha value is -3.84. The van der Waals surface area contributed by atoms with E-state index in [-0.39, 0.29) is 24.2 Å². The number of nitrogens with zero attached hydrogens (tertiary/aromatic N) is 1. The van der Waals surface area contributed by atoms with Crippen LogP contribution in [0.1, 0.15) is 45.8 Å².